The molecule has 1 aromatic rings. The van der Waals surface area contributed by atoms with Crippen LogP contribution in [0.3, 0.4) is 0 Å². The van der Waals surface area contributed by atoms with Crippen LogP contribution < -0.4 is 73.4 Å². The Balaban J connectivity index is 0. The summed E-state index contributed by atoms with van der Waals surface area (Å²) in [6.45, 7) is 6.11. The molecule has 4 nitrogen and oxygen atoms in total. The van der Waals surface area contributed by atoms with Crippen molar-refractivity contribution in [2.45, 2.75) is 26.2 Å². The molecular weight excluding hydrogens is 261 g/mol. The summed E-state index contributed by atoms with van der Waals surface area (Å²) in [7, 11) is -4.94. The number of benzene rings is 1. The van der Waals surface area contributed by atoms with Gasteiger partial charge in [0.15, 0.2) is 0 Å². The summed E-state index contributed by atoms with van der Waals surface area (Å²) in [4.78, 5) is 20.7. The summed E-state index contributed by atoms with van der Waals surface area (Å²) >= 11 is 0. The summed E-state index contributed by atoms with van der Waals surface area (Å²) in [5, 5.41) is 0. The number of hydrogen-bond acceptors (Lipinski definition) is 4. The minimum absolute atomic E-state index is 0. The SMILES string of the molecule is CC(C)(C)c1ccc(OP(=O)([O-])[O-])cc1.[Na+].[Na+]. The van der Waals surface area contributed by atoms with Gasteiger partial charge in [-0.15, -0.1) is 0 Å². The molecule has 0 N–H and O–H groups in total. The van der Waals surface area contributed by atoms with E-state index in [1.54, 1.807) is 12.1 Å². The van der Waals surface area contributed by atoms with Crippen molar-refractivity contribution in [1.82, 2.24) is 0 Å². The molecule has 0 saturated carbocycles. The molecule has 17 heavy (non-hydrogen) atoms. The van der Waals surface area contributed by atoms with E-state index in [2.05, 4.69) is 4.52 Å². The smallest absolute Gasteiger partial charge is 0.780 e. The van der Waals surface area contributed by atoms with E-state index >= 15 is 0 Å². The summed E-state index contributed by atoms with van der Waals surface area (Å²) in [5.41, 5.74) is 1.03. The fraction of sp³-hybridized carbons (Fsp3) is 0.400. The van der Waals surface area contributed by atoms with Crippen LogP contribution in [0.2, 0.25) is 0 Å². The normalized spacial score (nSPS) is 11.1. The molecule has 0 unspecified atom stereocenters. The molecule has 0 aliphatic rings. The van der Waals surface area contributed by atoms with Crippen molar-refractivity contribution in [2.24, 2.45) is 0 Å². The first-order valence-electron chi connectivity index (χ1n) is 4.51. The molecule has 1 rings (SSSR count). The maximum atomic E-state index is 10.3. The summed E-state index contributed by atoms with van der Waals surface area (Å²) < 4.78 is 14.5. The largest absolute Gasteiger partial charge is 1.00 e. The molecule has 0 aromatic heterocycles. The molecule has 0 saturated heterocycles. The molecule has 0 amide bonds. The van der Waals surface area contributed by atoms with Crippen LogP contribution in [0.1, 0.15) is 26.3 Å². The number of phosphoric acid groups is 1. The predicted molar refractivity (Wildman–Crippen MR) is 53.4 cm³/mol. The molecule has 0 spiro atoms. The first-order valence-corrected chi connectivity index (χ1v) is 5.97. The van der Waals surface area contributed by atoms with Crippen molar-refractivity contribution in [3.8, 4) is 5.75 Å². The Morgan fingerprint density at radius 3 is 1.76 bits per heavy atom. The third kappa shape index (κ3) is 8.04. The van der Waals surface area contributed by atoms with Crippen LogP contribution in [0.5, 0.6) is 5.75 Å². The molecule has 84 valence electrons. The molecule has 0 radical (unpaired) electrons. The number of rotatable bonds is 2. The van der Waals surface area contributed by atoms with Gasteiger partial charge in [-0.2, -0.15) is 0 Å². The second-order valence-electron chi connectivity index (χ2n) is 4.31. The molecular formula is C10H13Na2O4P. The van der Waals surface area contributed by atoms with Gasteiger partial charge in [-0.1, -0.05) is 32.9 Å². The van der Waals surface area contributed by atoms with Crippen LogP contribution in [0.4, 0.5) is 0 Å². The van der Waals surface area contributed by atoms with Gasteiger partial charge in [0, 0.05) is 0 Å². The van der Waals surface area contributed by atoms with E-state index in [1.165, 1.54) is 12.1 Å². The second-order valence-corrected chi connectivity index (χ2v) is 5.39. The van der Waals surface area contributed by atoms with Crippen molar-refractivity contribution in [3.63, 3.8) is 0 Å². The van der Waals surface area contributed by atoms with E-state index in [-0.39, 0.29) is 70.3 Å². The van der Waals surface area contributed by atoms with Crippen LogP contribution in [0.15, 0.2) is 24.3 Å². The van der Waals surface area contributed by atoms with E-state index < -0.39 is 7.82 Å². The summed E-state index contributed by atoms with van der Waals surface area (Å²) in [6.07, 6.45) is 0. The Labute approximate surface area is 146 Å². The van der Waals surface area contributed by atoms with Crippen molar-refractivity contribution >= 4 is 7.82 Å². The minimum Gasteiger partial charge on any atom is -0.780 e. The van der Waals surface area contributed by atoms with E-state index in [1.807, 2.05) is 20.8 Å². The number of phosphoric ester groups is 1. The average Bonchev–Trinajstić information content (AvgIpc) is 2.00. The molecule has 0 bridgehead atoms. The zero-order valence-corrected chi connectivity index (χ0v) is 15.8. The first kappa shape index (κ1) is 20.5. The fourth-order valence-corrected chi connectivity index (χ4v) is 1.52. The van der Waals surface area contributed by atoms with Gasteiger partial charge in [-0.3, -0.25) is 0 Å². The quantitative estimate of drug-likeness (QED) is 0.401. The zero-order valence-electron chi connectivity index (χ0n) is 10.9. The molecule has 0 fully saturated rings. The van der Waals surface area contributed by atoms with Gasteiger partial charge in [0.05, 0.1) is 0 Å². The van der Waals surface area contributed by atoms with Gasteiger partial charge in [0.25, 0.3) is 0 Å². The van der Waals surface area contributed by atoms with E-state index in [0.29, 0.717) is 0 Å². The molecule has 1 aromatic carbocycles. The summed E-state index contributed by atoms with van der Waals surface area (Å²) in [5.74, 6) is 0.0522. The monoisotopic (exact) mass is 274 g/mol. The molecule has 0 aliphatic carbocycles. The molecule has 0 heterocycles. The number of hydrogen-bond donors (Lipinski definition) is 0. The van der Waals surface area contributed by atoms with Crippen LogP contribution in [0.25, 0.3) is 0 Å². The molecule has 0 atom stereocenters. The minimum atomic E-state index is -4.94. The Bertz CT molecular complexity index is 380. The van der Waals surface area contributed by atoms with Crippen LogP contribution in [0, 0.1) is 0 Å². The Kier molecular flexibility index (Phi) is 9.26. The second kappa shape index (κ2) is 7.68. The molecule has 0 aliphatic heterocycles. The van der Waals surface area contributed by atoms with Gasteiger partial charge in [0.1, 0.15) is 13.6 Å². The maximum Gasteiger partial charge on any atom is 1.00 e. The Morgan fingerprint density at radius 1 is 1.06 bits per heavy atom. The predicted octanol–water partition coefficient (Wildman–Crippen LogP) is -4.80. The van der Waals surface area contributed by atoms with Crippen molar-refractivity contribution in [2.75, 3.05) is 0 Å². The van der Waals surface area contributed by atoms with E-state index in [4.69, 9.17) is 0 Å². The van der Waals surface area contributed by atoms with Crippen LogP contribution in [-0.2, 0) is 9.98 Å². The van der Waals surface area contributed by atoms with Crippen molar-refractivity contribution in [3.05, 3.63) is 29.8 Å². The van der Waals surface area contributed by atoms with Crippen molar-refractivity contribution in [1.29, 1.82) is 0 Å². The average molecular weight is 274 g/mol. The topological polar surface area (TPSA) is 72.4 Å². The van der Waals surface area contributed by atoms with Gasteiger partial charge in [0.2, 0.25) is 0 Å². The van der Waals surface area contributed by atoms with Gasteiger partial charge in [-0.05, 0) is 23.1 Å². The van der Waals surface area contributed by atoms with Crippen LogP contribution in [-0.4, -0.2) is 0 Å². The van der Waals surface area contributed by atoms with Crippen LogP contribution >= 0.6 is 7.82 Å². The third-order valence-electron chi connectivity index (χ3n) is 1.94. The molecule has 7 heteroatoms. The van der Waals surface area contributed by atoms with E-state index in [9.17, 15) is 14.4 Å². The fourth-order valence-electron chi connectivity index (χ4n) is 1.14. The maximum absolute atomic E-state index is 10.3. The van der Waals surface area contributed by atoms with Gasteiger partial charge in [-0.25, -0.2) is 0 Å². The van der Waals surface area contributed by atoms with Gasteiger partial charge < -0.3 is 18.9 Å². The Hall–Kier alpha value is 1.17. The van der Waals surface area contributed by atoms with Gasteiger partial charge >= 0.3 is 59.1 Å². The Morgan fingerprint density at radius 2 is 1.47 bits per heavy atom. The first-order chi connectivity index (χ1) is 6.68. The van der Waals surface area contributed by atoms with E-state index in [0.717, 1.165) is 5.56 Å². The van der Waals surface area contributed by atoms with Crippen molar-refractivity contribution < 1.29 is 78.0 Å². The summed E-state index contributed by atoms with van der Waals surface area (Å²) in [6, 6.07) is 6.43. The third-order valence-corrected chi connectivity index (χ3v) is 2.37. The standard InChI is InChI=1S/C10H15O4P.2Na/c1-10(2,3)8-4-6-9(7-5-8)14-15(11,12)13;;/h4-7H,1-3H3,(H2,11,12,13);;/q;2*+1/p-2. The zero-order chi connectivity index (χ0) is 11.7.